The zero-order chi connectivity index (χ0) is 16.1. The van der Waals surface area contributed by atoms with Gasteiger partial charge in [0, 0.05) is 6.54 Å². The maximum Gasteiger partial charge on any atom is 0.408 e. The molecule has 0 aromatic heterocycles. The van der Waals surface area contributed by atoms with Crippen molar-refractivity contribution in [1.82, 2.24) is 10.6 Å². The highest BCUT2D eigenvalue weighted by Crippen LogP contribution is 2.26. The van der Waals surface area contributed by atoms with Crippen molar-refractivity contribution < 1.29 is 14.3 Å². The molecule has 1 aromatic carbocycles. The molecule has 0 bridgehead atoms. The number of carbonyl (C=O) groups excluding carboxylic acids is 2. The molecular formula is C18H22N2O3. The van der Waals surface area contributed by atoms with Gasteiger partial charge in [0.05, 0.1) is 0 Å². The molecule has 122 valence electrons. The van der Waals surface area contributed by atoms with Crippen LogP contribution < -0.4 is 10.6 Å². The highest BCUT2D eigenvalue weighted by atomic mass is 16.6. The molecule has 23 heavy (non-hydrogen) atoms. The minimum atomic E-state index is -0.676. The van der Waals surface area contributed by atoms with Gasteiger partial charge < -0.3 is 15.4 Å². The molecule has 1 fully saturated rings. The van der Waals surface area contributed by atoms with Gasteiger partial charge in [-0.2, -0.15) is 0 Å². The van der Waals surface area contributed by atoms with Crippen molar-refractivity contribution in [3.63, 3.8) is 0 Å². The van der Waals surface area contributed by atoms with E-state index in [0.29, 0.717) is 6.54 Å². The molecule has 1 aliphatic heterocycles. The molecular weight excluding hydrogens is 292 g/mol. The van der Waals surface area contributed by atoms with Crippen LogP contribution in [0.2, 0.25) is 0 Å². The maximum absolute atomic E-state index is 12.4. The van der Waals surface area contributed by atoms with Crippen LogP contribution in [0.1, 0.15) is 43.8 Å². The molecule has 5 nitrogen and oxygen atoms in total. The van der Waals surface area contributed by atoms with E-state index in [1.54, 1.807) is 0 Å². The summed E-state index contributed by atoms with van der Waals surface area (Å²) in [5.41, 5.74) is 2.24. The third kappa shape index (κ3) is 3.92. The van der Waals surface area contributed by atoms with E-state index in [9.17, 15) is 9.59 Å². The van der Waals surface area contributed by atoms with Crippen molar-refractivity contribution in [2.75, 3.05) is 6.54 Å². The van der Waals surface area contributed by atoms with Crippen LogP contribution >= 0.6 is 0 Å². The molecule has 1 saturated heterocycles. The van der Waals surface area contributed by atoms with Crippen LogP contribution in [0.25, 0.3) is 0 Å². The predicted octanol–water partition coefficient (Wildman–Crippen LogP) is 2.84. The SMILES string of the molecule is O=C1NC(C(=O)NCCC2=CCCCC2)C(c2ccccc2)O1. The van der Waals surface area contributed by atoms with Crippen molar-refractivity contribution in [3.05, 3.63) is 47.5 Å². The number of amides is 2. The zero-order valence-electron chi connectivity index (χ0n) is 13.1. The Labute approximate surface area is 136 Å². The molecule has 2 aliphatic rings. The first-order valence-electron chi connectivity index (χ1n) is 8.22. The quantitative estimate of drug-likeness (QED) is 0.821. The lowest BCUT2D eigenvalue weighted by atomic mass is 9.97. The van der Waals surface area contributed by atoms with E-state index in [2.05, 4.69) is 16.7 Å². The molecule has 1 aliphatic carbocycles. The van der Waals surface area contributed by atoms with E-state index in [1.165, 1.54) is 18.4 Å². The third-order valence-corrected chi connectivity index (χ3v) is 4.35. The monoisotopic (exact) mass is 314 g/mol. The van der Waals surface area contributed by atoms with Gasteiger partial charge in [0.1, 0.15) is 0 Å². The molecule has 2 amide bonds. The molecule has 1 heterocycles. The summed E-state index contributed by atoms with van der Waals surface area (Å²) in [4.78, 5) is 23.9. The minimum Gasteiger partial charge on any atom is -0.439 e. The first kappa shape index (κ1) is 15.6. The number of rotatable bonds is 5. The van der Waals surface area contributed by atoms with Crippen LogP contribution in [-0.2, 0) is 9.53 Å². The molecule has 2 unspecified atom stereocenters. The average molecular weight is 314 g/mol. The average Bonchev–Trinajstić information content (AvgIpc) is 2.98. The van der Waals surface area contributed by atoms with Gasteiger partial charge in [-0.1, -0.05) is 42.0 Å². The largest absolute Gasteiger partial charge is 0.439 e. The number of cyclic esters (lactones) is 1. The minimum absolute atomic E-state index is 0.193. The van der Waals surface area contributed by atoms with Gasteiger partial charge in [0.15, 0.2) is 12.1 Å². The summed E-state index contributed by atoms with van der Waals surface area (Å²) in [7, 11) is 0. The lowest BCUT2D eigenvalue weighted by Crippen LogP contribution is -2.44. The Morgan fingerprint density at radius 3 is 2.83 bits per heavy atom. The fraction of sp³-hybridized carbons (Fsp3) is 0.444. The predicted molar refractivity (Wildman–Crippen MR) is 86.8 cm³/mol. The van der Waals surface area contributed by atoms with Gasteiger partial charge in [0.25, 0.3) is 0 Å². The zero-order valence-corrected chi connectivity index (χ0v) is 13.1. The fourth-order valence-electron chi connectivity index (χ4n) is 3.11. The van der Waals surface area contributed by atoms with Crippen LogP contribution in [0.3, 0.4) is 0 Å². The van der Waals surface area contributed by atoms with E-state index < -0.39 is 18.2 Å². The normalized spacial score (nSPS) is 23.7. The number of carbonyl (C=O) groups is 2. The van der Waals surface area contributed by atoms with Crippen LogP contribution in [0, 0.1) is 0 Å². The van der Waals surface area contributed by atoms with Crippen molar-refractivity contribution in [2.45, 2.75) is 44.2 Å². The van der Waals surface area contributed by atoms with E-state index in [0.717, 1.165) is 24.8 Å². The first-order chi connectivity index (χ1) is 11.2. The molecule has 2 N–H and O–H groups in total. The van der Waals surface area contributed by atoms with Gasteiger partial charge >= 0.3 is 6.09 Å². The van der Waals surface area contributed by atoms with E-state index in [4.69, 9.17) is 4.74 Å². The molecule has 2 atom stereocenters. The van der Waals surface area contributed by atoms with Crippen LogP contribution in [0.15, 0.2) is 42.0 Å². The Bertz CT molecular complexity index is 598. The summed E-state index contributed by atoms with van der Waals surface area (Å²) < 4.78 is 5.26. The Kier molecular flexibility index (Phi) is 4.95. The number of nitrogens with one attached hydrogen (secondary N) is 2. The topological polar surface area (TPSA) is 67.4 Å². The number of benzene rings is 1. The molecule has 1 aromatic rings. The second-order valence-corrected chi connectivity index (χ2v) is 6.01. The molecule has 0 saturated carbocycles. The highest BCUT2D eigenvalue weighted by molar-refractivity contribution is 5.88. The van der Waals surface area contributed by atoms with Crippen molar-refractivity contribution in [2.24, 2.45) is 0 Å². The maximum atomic E-state index is 12.4. The number of hydrogen-bond acceptors (Lipinski definition) is 3. The fourth-order valence-corrected chi connectivity index (χ4v) is 3.11. The van der Waals surface area contributed by atoms with E-state index in [-0.39, 0.29) is 5.91 Å². The van der Waals surface area contributed by atoms with Gasteiger partial charge in [-0.15, -0.1) is 0 Å². The van der Waals surface area contributed by atoms with Gasteiger partial charge in [-0.25, -0.2) is 4.79 Å². The lowest BCUT2D eigenvalue weighted by molar-refractivity contribution is -0.124. The van der Waals surface area contributed by atoms with E-state index in [1.807, 2.05) is 30.3 Å². The molecule has 0 radical (unpaired) electrons. The number of alkyl carbamates (subject to hydrolysis) is 1. The van der Waals surface area contributed by atoms with Crippen LogP contribution in [0.5, 0.6) is 0 Å². The highest BCUT2D eigenvalue weighted by Gasteiger charge is 2.39. The number of hydrogen-bond donors (Lipinski definition) is 2. The second kappa shape index (κ2) is 7.31. The summed E-state index contributed by atoms with van der Waals surface area (Å²) in [6, 6.07) is 8.67. The van der Waals surface area contributed by atoms with Crippen LogP contribution in [0.4, 0.5) is 4.79 Å². The van der Waals surface area contributed by atoms with Gasteiger partial charge in [0.2, 0.25) is 5.91 Å². The van der Waals surface area contributed by atoms with Crippen molar-refractivity contribution >= 4 is 12.0 Å². The first-order valence-corrected chi connectivity index (χ1v) is 8.22. The Morgan fingerprint density at radius 1 is 1.26 bits per heavy atom. The molecule has 5 heteroatoms. The summed E-state index contributed by atoms with van der Waals surface area (Å²) >= 11 is 0. The van der Waals surface area contributed by atoms with E-state index >= 15 is 0 Å². The Morgan fingerprint density at radius 2 is 2.09 bits per heavy atom. The summed E-state index contributed by atoms with van der Waals surface area (Å²) in [6.07, 6.45) is 6.82. The standard InChI is InChI=1S/C18H22N2O3/c21-17(19-12-11-13-7-3-1-4-8-13)15-16(23-18(22)20-15)14-9-5-2-6-10-14/h2,5-7,9-10,15-16H,1,3-4,8,11-12H2,(H,19,21)(H,20,22). The van der Waals surface area contributed by atoms with Gasteiger partial charge in [-0.05, 0) is 37.7 Å². The third-order valence-electron chi connectivity index (χ3n) is 4.35. The smallest absolute Gasteiger partial charge is 0.408 e. The number of ether oxygens (including phenoxy) is 1. The van der Waals surface area contributed by atoms with Crippen molar-refractivity contribution in [1.29, 1.82) is 0 Å². The number of allylic oxidation sites excluding steroid dienone is 1. The molecule has 0 spiro atoms. The summed E-state index contributed by atoms with van der Waals surface area (Å²) in [6.45, 7) is 0.596. The summed E-state index contributed by atoms with van der Waals surface area (Å²) in [5, 5.41) is 5.52. The van der Waals surface area contributed by atoms with Crippen molar-refractivity contribution in [3.8, 4) is 0 Å². The Hall–Kier alpha value is -2.30. The van der Waals surface area contributed by atoms with Gasteiger partial charge in [-0.3, -0.25) is 4.79 Å². The lowest BCUT2D eigenvalue weighted by Gasteiger charge is -2.18. The molecule has 3 rings (SSSR count). The Balaban J connectivity index is 1.57. The summed E-state index contributed by atoms with van der Waals surface area (Å²) in [5.74, 6) is -0.193. The second-order valence-electron chi connectivity index (χ2n) is 6.01. The van der Waals surface area contributed by atoms with Crippen LogP contribution in [-0.4, -0.2) is 24.6 Å².